The van der Waals surface area contributed by atoms with Crippen LogP contribution in [0.2, 0.25) is 18.1 Å². The fourth-order valence-corrected chi connectivity index (χ4v) is 2.54. The quantitative estimate of drug-likeness (QED) is 0.794. The van der Waals surface area contributed by atoms with Crippen LogP contribution in [0.3, 0.4) is 0 Å². The monoisotopic (exact) mass is 308 g/mol. The molecule has 0 aliphatic heterocycles. The van der Waals surface area contributed by atoms with Gasteiger partial charge < -0.3 is 15.5 Å². The van der Waals surface area contributed by atoms with Crippen molar-refractivity contribution < 1.29 is 9.22 Å². The van der Waals surface area contributed by atoms with Crippen molar-refractivity contribution in [2.24, 2.45) is 5.73 Å². The predicted molar refractivity (Wildman–Crippen MR) is 89.4 cm³/mol. The van der Waals surface area contributed by atoms with Crippen molar-refractivity contribution in [2.45, 2.75) is 51.5 Å². The third-order valence-corrected chi connectivity index (χ3v) is 8.58. The molecule has 1 aromatic rings. The average molecular weight is 308 g/mol. The van der Waals surface area contributed by atoms with Gasteiger partial charge >= 0.3 is 0 Å². The molecular formula is C16H28N2O2Si. The lowest BCUT2D eigenvalue weighted by molar-refractivity contribution is -0.123. The lowest BCUT2D eigenvalue weighted by Crippen LogP contribution is -2.48. The van der Waals surface area contributed by atoms with E-state index in [9.17, 15) is 4.79 Å². The molecule has 0 bridgehead atoms. The third kappa shape index (κ3) is 5.61. The minimum Gasteiger partial charge on any atom is -0.415 e. The van der Waals surface area contributed by atoms with Crippen molar-refractivity contribution in [1.82, 2.24) is 5.32 Å². The standard InChI is InChI=1S/C16H28N2O2Si/c1-16(2,3)21(4,5)20-12-14(17)15(19)18-11-13-9-7-6-8-10-13/h6-10,14H,11-12,17H2,1-5H3,(H,18,19)/t14-/m1/s1. The SMILES string of the molecule is CC(C)(C)[Si](C)(C)OC[C@@H](N)C(=O)NCc1ccccc1. The third-order valence-electron chi connectivity index (χ3n) is 4.08. The molecule has 4 nitrogen and oxygen atoms in total. The second-order valence-electron chi connectivity index (χ2n) is 6.88. The van der Waals surface area contributed by atoms with Crippen LogP contribution in [0.4, 0.5) is 0 Å². The van der Waals surface area contributed by atoms with E-state index in [1.165, 1.54) is 0 Å². The molecule has 1 aromatic carbocycles. The van der Waals surface area contributed by atoms with Crippen LogP contribution in [0.1, 0.15) is 26.3 Å². The van der Waals surface area contributed by atoms with Crippen LogP contribution < -0.4 is 11.1 Å². The zero-order chi connectivity index (χ0) is 16.1. The Balaban J connectivity index is 2.42. The molecular weight excluding hydrogens is 280 g/mol. The molecule has 3 N–H and O–H groups in total. The average Bonchev–Trinajstić information content (AvgIpc) is 2.42. The molecule has 0 radical (unpaired) electrons. The molecule has 0 heterocycles. The first kappa shape index (κ1) is 17.9. The highest BCUT2D eigenvalue weighted by molar-refractivity contribution is 6.74. The smallest absolute Gasteiger partial charge is 0.239 e. The van der Waals surface area contributed by atoms with E-state index in [0.717, 1.165) is 5.56 Å². The van der Waals surface area contributed by atoms with E-state index in [1.54, 1.807) is 0 Å². The largest absolute Gasteiger partial charge is 0.415 e. The van der Waals surface area contributed by atoms with Gasteiger partial charge in [0.1, 0.15) is 6.04 Å². The molecule has 1 atom stereocenters. The van der Waals surface area contributed by atoms with E-state index in [1.807, 2.05) is 30.3 Å². The highest BCUT2D eigenvalue weighted by atomic mass is 28.4. The summed E-state index contributed by atoms with van der Waals surface area (Å²) in [6.45, 7) is 11.6. The van der Waals surface area contributed by atoms with Crippen molar-refractivity contribution in [3.63, 3.8) is 0 Å². The van der Waals surface area contributed by atoms with Crippen LogP contribution in [0, 0.1) is 0 Å². The number of rotatable bonds is 6. The first-order valence-corrected chi connectivity index (χ1v) is 10.3. The molecule has 0 aromatic heterocycles. The number of carbonyl (C=O) groups is 1. The number of benzene rings is 1. The van der Waals surface area contributed by atoms with Gasteiger partial charge in [-0.2, -0.15) is 0 Å². The molecule has 0 aliphatic rings. The van der Waals surface area contributed by atoms with Crippen molar-refractivity contribution in [3.8, 4) is 0 Å². The van der Waals surface area contributed by atoms with Gasteiger partial charge in [-0.05, 0) is 23.7 Å². The summed E-state index contributed by atoms with van der Waals surface area (Å²) in [6, 6.07) is 9.16. The topological polar surface area (TPSA) is 64.3 Å². The summed E-state index contributed by atoms with van der Waals surface area (Å²) >= 11 is 0. The molecule has 5 heteroatoms. The first-order valence-electron chi connectivity index (χ1n) is 7.34. The maximum Gasteiger partial charge on any atom is 0.239 e. The van der Waals surface area contributed by atoms with Gasteiger partial charge in [-0.15, -0.1) is 0 Å². The normalized spacial score (nSPS) is 13.8. The number of nitrogens with two attached hydrogens (primary N) is 1. The van der Waals surface area contributed by atoms with Crippen LogP contribution in [0.15, 0.2) is 30.3 Å². The zero-order valence-corrected chi connectivity index (χ0v) is 14.8. The summed E-state index contributed by atoms with van der Waals surface area (Å²) in [5.41, 5.74) is 6.98. The van der Waals surface area contributed by atoms with Crippen molar-refractivity contribution in [3.05, 3.63) is 35.9 Å². The van der Waals surface area contributed by atoms with Crippen molar-refractivity contribution in [2.75, 3.05) is 6.61 Å². The Morgan fingerprint density at radius 1 is 1.29 bits per heavy atom. The van der Waals surface area contributed by atoms with E-state index in [0.29, 0.717) is 6.54 Å². The fourth-order valence-electron chi connectivity index (χ4n) is 1.51. The van der Waals surface area contributed by atoms with Crippen LogP contribution in [-0.2, 0) is 15.8 Å². The summed E-state index contributed by atoms with van der Waals surface area (Å²) in [4.78, 5) is 12.0. The second kappa shape index (κ2) is 7.20. The van der Waals surface area contributed by atoms with Gasteiger partial charge in [-0.1, -0.05) is 51.1 Å². The zero-order valence-electron chi connectivity index (χ0n) is 13.8. The summed E-state index contributed by atoms with van der Waals surface area (Å²) in [7, 11) is -1.86. The lowest BCUT2D eigenvalue weighted by atomic mass is 10.2. The lowest BCUT2D eigenvalue weighted by Gasteiger charge is -2.36. The Morgan fingerprint density at radius 3 is 2.38 bits per heavy atom. The molecule has 0 saturated heterocycles. The van der Waals surface area contributed by atoms with Crippen LogP contribution in [0.5, 0.6) is 0 Å². The summed E-state index contributed by atoms with van der Waals surface area (Å²) < 4.78 is 5.98. The van der Waals surface area contributed by atoms with Crippen molar-refractivity contribution in [1.29, 1.82) is 0 Å². The van der Waals surface area contributed by atoms with Crippen LogP contribution >= 0.6 is 0 Å². The minimum atomic E-state index is -1.86. The maximum atomic E-state index is 12.0. The van der Waals surface area contributed by atoms with Gasteiger partial charge in [0.05, 0.1) is 6.61 Å². The minimum absolute atomic E-state index is 0.118. The van der Waals surface area contributed by atoms with Gasteiger partial charge in [-0.25, -0.2) is 0 Å². The molecule has 1 rings (SSSR count). The predicted octanol–water partition coefficient (Wildman–Crippen LogP) is 2.65. The number of hydrogen-bond acceptors (Lipinski definition) is 3. The highest BCUT2D eigenvalue weighted by Crippen LogP contribution is 2.36. The maximum absolute atomic E-state index is 12.0. The molecule has 1 amide bonds. The Morgan fingerprint density at radius 2 is 1.86 bits per heavy atom. The van der Waals surface area contributed by atoms with E-state index >= 15 is 0 Å². The molecule has 0 spiro atoms. The van der Waals surface area contributed by atoms with Gasteiger partial charge in [0.2, 0.25) is 5.91 Å². The number of hydrogen-bond donors (Lipinski definition) is 2. The summed E-state index contributed by atoms with van der Waals surface area (Å²) in [5.74, 6) is -0.169. The fraction of sp³-hybridized carbons (Fsp3) is 0.562. The number of amides is 1. The molecule has 0 fully saturated rings. The van der Waals surface area contributed by atoms with Gasteiger partial charge in [0.25, 0.3) is 0 Å². The molecule has 21 heavy (non-hydrogen) atoms. The Kier molecular flexibility index (Phi) is 6.13. The molecule has 0 aliphatic carbocycles. The van der Waals surface area contributed by atoms with Crippen molar-refractivity contribution >= 4 is 14.2 Å². The van der Waals surface area contributed by atoms with E-state index in [4.69, 9.17) is 10.2 Å². The number of carbonyl (C=O) groups excluding carboxylic acids is 1. The molecule has 0 saturated carbocycles. The van der Waals surface area contributed by atoms with Gasteiger partial charge in [-0.3, -0.25) is 4.79 Å². The Bertz CT molecular complexity index is 455. The van der Waals surface area contributed by atoms with E-state index < -0.39 is 14.4 Å². The summed E-state index contributed by atoms with van der Waals surface area (Å²) in [5, 5.41) is 2.96. The van der Waals surface area contributed by atoms with Crippen LogP contribution in [-0.4, -0.2) is 26.9 Å². The van der Waals surface area contributed by atoms with E-state index in [2.05, 4.69) is 39.2 Å². The molecule has 0 unspecified atom stereocenters. The van der Waals surface area contributed by atoms with Gasteiger partial charge in [0.15, 0.2) is 8.32 Å². The first-order chi connectivity index (χ1) is 9.63. The van der Waals surface area contributed by atoms with Crippen LogP contribution in [0.25, 0.3) is 0 Å². The molecule has 118 valence electrons. The Labute approximate surface area is 129 Å². The van der Waals surface area contributed by atoms with Gasteiger partial charge in [0, 0.05) is 6.54 Å². The highest BCUT2D eigenvalue weighted by Gasteiger charge is 2.37. The van der Waals surface area contributed by atoms with E-state index in [-0.39, 0.29) is 17.6 Å². The Hall–Kier alpha value is -1.17. The number of nitrogens with one attached hydrogen (secondary N) is 1. The second-order valence-corrected chi connectivity index (χ2v) is 11.7. The summed E-state index contributed by atoms with van der Waals surface area (Å²) in [6.07, 6.45) is 0.